The number of aromatic nitrogens is 3. The van der Waals surface area contributed by atoms with Gasteiger partial charge in [-0.2, -0.15) is 18.3 Å². The number of halogens is 3. The number of H-pyrrole nitrogens is 1. The molecule has 2 rings (SSSR count). The van der Waals surface area contributed by atoms with Crippen LogP contribution in [0.3, 0.4) is 0 Å². The summed E-state index contributed by atoms with van der Waals surface area (Å²) in [5.41, 5.74) is -0.891. The lowest BCUT2D eigenvalue weighted by Crippen LogP contribution is -2.38. The van der Waals surface area contributed by atoms with Crippen molar-refractivity contribution in [2.75, 3.05) is 11.9 Å². The van der Waals surface area contributed by atoms with E-state index in [1.165, 1.54) is 6.07 Å². The highest BCUT2D eigenvalue weighted by molar-refractivity contribution is 5.90. The molecule has 0 radical (unpaired) electrons. The summed E-state index contributed by atoms with van der Waals surface area (Å²) >= 11 is 0. The molecule has 0 saturated heterocycles. The van der Waals surface area contributed by atoms with Crippen LogP contribution in [0.15, 0.2) is 18.2 Å². The number of benzene rings is 1. The maximum absolute atomic E-state index is 13.1. The molecule has 0 aliphatic rings. The molecule has 2 aromatic rings. The van der Waals surface area contributed by atoms with Gasteiger partial charge in [0.2, 0.25) is 0 Å². The van der Waals surface area contributed by atoms with Crippen molar-refractivity contribution in [3.05, 3.63) is 29.6 Å². The van der Waals surface area contributed by atoms with Crippen molar-refractivity contribution in [2.45, 2.75) is 26.1 Å². The minimum atomic E-state index is -4.59. The summed E-state index contributed by atoms with van der Waals surface area (Å²) in [4.78, 5) is 15.7. The van der Waals surface area contributed by atoms with Crippen molar-refractivity contribution in [3.63, 3.8) is 0 Å². The number of nitrogens with zero attached hydrogens (tertiary/aromatic N) is 2. The summed E-state index contributed by atoms with van der Waals surface area (Å²) in [5.74, 6) is 0.539. The fourth-order valence-electron chi connectivity index (χ4n) is 1.90. The number of alkyl halides is 3. The molecule has 130 valence electrons. The summed E-state index contributed by atoms with van der Waals surface area (Å²) in [6.07, 6.45) is -4.59. The molecular weight excluding hydrogens is 327 g/mol. The molecular formula is C14H16F3N5O2. The van der Waals surface area contributed by atoms with Crippen LogP contribution in [-0.2, 0) is 6.18 Å². The average molecular weight is 343 g/mol. The predicted octanol–water partition coefficient (Wildman–Crippen LogP) is 2.30. The third-order valence-electron chi connectivity index (χ3n) is 3.02. The Balaban J connectivity index is 2.35. The number of aromatic amines is 1. The first-order chi connectivity index (χ1) is 11.2. The molecule has 1 heterocycles. The first-order valence-corrected chi connectivity index (χ1v) is 6.99. The maximum Gasteiger partial charge on any atom is 0.416 e. The van der Waals surface area contributed by atoms with Gasteiger partial charge in [0.1, 0.15) is 5.82 Å². The van der Waals surface area contributed by atoms with Gasteiger partial charge in [-0.25, -0.2) is 9.78 Å². The quantitative estimate of drug-likeness (QED) is 0.684. The number of carbonyl (C=O) groups excluding carboxylic acids is 1. The number of amides is 2. The normalized spacial score (nSPS) is 12.8. The minimum Gasteiger partial charge on any atom is -0.394 e. The van der Waals surface area contributed by atoms with Gasteiger partial charge in [-0.3, -0.25) is 5.10 Å². The SMILES string of the molecule is Cc1nc(-c2cc(NC(=O)NC(C)CO)cc(C(F)(F)F)c2)n[nH]1. The summed E-state index contributed by atoms with van der Waals surface area (Å²) in [7, 11) is 0. The molecule has 1 aromatic heterocycles. The van der Waals surface area contributed by atoms with Crippen LogP contribution in [0, 0.1) is 6.92 Å². The van der Waals surface area contributed by atoms with Gasteiger partial charge in [0.05, 0.1) is 18.2 Å². The molecule has 1 aromatic carbocycles. The molecule has 1 atom stereocenters. The number of rotatable bonds is 4. The van der Waals surface area contributed by atoms with Gasteiger partial charge in [0, 0.05) is 11.3 Å². The van der Waals surface area contributed by atoms with Crippen LogP contribution >= 0.6 is 0 Å². The second-order valence-corrected chi connectivity index (χ2v) is 5.22. The smallest absolute Gasteiger partial charge is 0.394 e. The third kappa shape index (κ3) is 4.44. The van der Waals surface area contributed by atoms with E-state index in [9.17, 15) is 18.0 Å². The molecule has 0 fully saturated rings. The molecule has 2 amide bonds. The van der Waals surface area contributed by atoms with E-state index in [2.05, 4.69) is 25.8 Å². The second kappa shape index (κ2) is 6.87. The Labute approximate surface area is 135 Å². The lowest BCUT2D eigenvalue weighted by atomic mass is 10.1. The van der Waals surface area contributed by atoms with Gasteiger partial charge >= 0.3 is 12.2 Å². The predicted molar refractivity (Wildman–Crippen MR) is 80.3 cm³/mol. The summed E-state index contributed by atoms with van der Waals surface area (Å²) in [5, 5.41) is 20.0. The van der Waals surface area contributed by atoms with E-state index in [1.54, 1.807) is 13.8 Å². The minimum absolute atomic E-state index is 0.0649. The Morgan fingerprint density at radius 2 is 2.08 bits per heavy atom. The molecule has 0 aliphatic carbocycles. The van der Waals surface area contributed by atoms with E-state index in [4.69, 9.17) is 5.11 Å². The first kappa shape index (κ1) is 17.7. The fourth-order valence-corrected chi connectivity index (χ4v) is 1.90. The van der Waals surface area contributed by atoms with Crippen LogP contribution in [0.1, 0.15) is 18.3 Å². The van der Waals surface area contributed by atoms with Crippen LogP contribution in [0.4, 0.5) is 23.7 Å². The van der Waals surface area contributed by atoms with Crippen LogP contribution in [-0.4, -0.2) is 39.0 Å². The standard InChI is InChI=1S/C14H16F3N5O2/c1-7(6-23)18-13(24)20-11-4-9(12-19-8(2)21-22-12)3-10(5-11)14(15,16)17/h3-5,7,23H,6H2,1-2H3,(H2,18,20,24)(H,19,21,22). The van der Waals surface area contributed by atoms with Crippen LogP contribution in [0.2, 0.25) is 0 Å². The number of aliphatic hydroxyl groups excluding tert-OH is 1. The van der Waals surface area contributed by atoms with Gasteiger partial charge in [-0.05, 0) is 32.0 Å². The molecule has 0 spiro atoms. The highest BCUT2D eigenvalue weighted by atomic mass is 19.4. The van der Waals surface area contributed by atoms with E-state index < -0.39 is 23.8 Å². The Kier molecular flexibility index (Phi) is 5.07. The average Bonchev–Trinajstić information content (AvgIpc) is 2.92. The van der Waals surface area contributed by atoms with Gasteiger partial charge in [-0.1, -0.05) is 0 Å². The van der Waals surface area contributed by atoms with Crippen molar-refractivity contribution < 1.29 is 23.1 Å². The number of hydrogen-bond acceptors (Lipinski definition) is 4. The van der Waals surface area contributed by atoms with Gasteiger partial charge in [-0.15, -0.1) is 0 Å². The number of aryl methyl sites for hydroxylation is 1. The van der Waals surface area contributed by atoms with Gasteiger partial charge in [0.15, 0.2) is 5.82 Å². The highest BCUT2D eigenvalue weighted by Gasteiger charge is 2.31. The van der Waals surface area contributed by atoms with Crippen LogP contribution in [0.25, 0.3) is 11.4 Å². The monoisotopic (exact) mass is 343 g/mol. The van der Waals surface area contributed by atoms with Gasteiger partial charge in [0.25, 0.3) is 0 Å². The molecule has 24 heavy (non-hydrogen) atoms. The van der Waals surface area contributed by atoms with Crippen molar-refractivity contribution in [2.24, 2.45) is 0 Å². The van der Waals surface area contributed by atoms with Crippen molar-refractivity contribution in [3.8, 4) is 11.4 Å². The van der Waals surface area contributed by atoms with Crippen molar-refractivity contribution in [1.82, 2.24) is 20.5 Å². The van der Waals surface area contributed by atoms with E-state index in [0.717, 1.165) is 12.1 Å². The second-order valence-electron chi connectivity index (χ2n) is 5.22. The number of aliphatic hydroxyl groups is 1. The molecule has 10 heteroatoms. The lowest BCUT2D eigenvalue weighted by Gasteiger charge is -2.14. The largest absolute Gasteiger partial charge is 0.416 e. The molecule has 7 nitrogen and oxygen atoms in total. The number of carbonyl (C=O) groups is 1. The van der Waals surface area contributed by atoms with E-state index >= 15 is 0 Å². The van der Waals surface area contributed by atoms with E-state index in [0.29, 0.717) is 5.82 Å². The Morgan fingerprint density at radius 1 is 1.38 bits per heavy atom. The summed E-state index contributed by atoms with van der Waals surface area (Å²) in [6.45, 7) is 2.87. The molecule has 1 unspecified atom stereocenters. The molecule has 0 saturated carbocycles. The molecule has 0 bridgehead atoms. The number of urea groups is 1. The zero-order valence-electron chi connectivity index (χ0n) is 12.9. The zero-order valence-corrected chi connectivity index (χ0v) is 12.9. The number of anilines is 1. The van der Waals surface area contributed by atoms with Gasteiger partial charge < -0.3 is 15.7 Å². The zero-order chi connectivity index (χ0) is 17.9. The van der Waals surface area contributed by atoms with Crippen LogP contribution < -0.4 is 10.6 Å². The molecule has 0 aliphatic heterocycles. The van der Waals surface area contributed by atoms with E-state index in [1.807, 2.05) is 0 Å². The van der Waals surface area contributed by atoms with Crippen molar-refractivity contribution >= 4 is 11.7 Å². The third-order valence-corrected chi connectivity index (χ3v) is 3.02. The van der Waals surface area contributed by atoms with E-state index in [-0.39, 0.29) is 23.7 Å². The first-order valence-electron chi connectivity index (χ1n) is 6.99. The Morgan fingerprint density at radius 3 is 2.62 bits per heavy atom. The molecule has 4 N–H and O–H groups in total. The summed E-state index contributed by atoms with van der Waals surface area (Å²) in [6, 6.07) is 1.79. The number of hydrogen-bond donors (Lipinski definition) is 4. The highest BCUT2D eigenvalue weighted by Crippen LogP contribution is 2.34. The van der Waals surface area contributed by atoms with Crippen LogP contribution in [0.5, 0.6) is 0 Å². The maximum atomic E-state index is 13.1. The fraction of sp³-hybridized carbons (Fsp3) is 0.357. The Bertz CT molecular complexity index is 729. The lowest BCUT2D eigenvalue weighted by molar-refractivity contribution is -0.137. The van der Waals surface area contributed by atoms with Crippen molar-refractivity contribution in [1.29, 1.82) is 0 Å². The topological polar surface area (TPSA) is 103 Å². The Hall–Kier alpha value is -2.62. The summed E-state index contributed by atoms with van der Waals surface area (Å²) < 4.78 is 39.2. The number of nitrogens with one attached hydrogen (secondary N) is 3.